The average Bonchev–Trinajstić information content (AvgIpc) is 2.55. The van der Waals surface area contributed by atoms with Crippen LogP contribution in [0.5, 0.6) is 0 Å². The Labute approximate surface area is 137 Å². The van der Waals surface area contributed by atoms with Crippen molar-refractivity contribution in [3.63, 3.8) is 0 Å². The van der Waals surface area contributed by atoms with E-state index in [4.69, 9.17) is 0 Å². The van der Waals surface area contributed by atoms with Crippen LogP contribution in [-0.2, 0) is 0 Å². The third kappa shape index (κ3) is 3.55. The molecule has 0 radical (unpaired) electrons. The molecule has 0 amide bonds. The maximum Gasteiger partial charge on any atom is 0.277 e. The summed E-state index contributed by atoms with van der Waals surface area (Å²) >= 11 is 0. The lowest BCUT2D eigenvalue weighted by atomic mass is 9.87. The smallest absolute Gasteiger partial charge is 0.277 e. The third-order valence-electron chi connectivity index (χ3n) is 5.06. The van der Waals surface area contributed by atoms with Crippen LogP contribution in [0.2, 0.25) is 0 Å². The van der Waals surface area contributed by atoms with Gasteiger partial charge in [0.1, 0.15) is 0 Å². The van der Waals surface area contributed by atoms with Crippen LogP contribution < -0.4 is 4.90 Å². The van der Waals surface area contributed by atoms with Crippen molar-refractivity contribution in [2.75, 3.05) is 38.1 Å². The average molecular weight is 315 g/mol. The second-order valence-electron chi connectivity index (χ2n) is 6.86. The van der Waals surface area contributed by atoms with E-state index in [1.807, 2.05) is 12.1 Å². The standard InChI is InChI=1S/C18H25N3O2/c1-14-3-5-15(6-4-14)17-13-16(7-8-18(17)21(22)23)20-11-9-19(2)10-12-20/h5,7-8,13-14H,3-4,6,9-12H2,1-2H3. The predicted octanol–water partition coefficient (Wildman–Crippen LogP) is 3.55. The van der Waals surface area contributed by atoms with Gasteiger partial charge in [-0.3, -0.25) is 10.1 Å². The molecule has 124 valence electrons. The van der Waals surface area contributed by atoms with E-state index in [-0.39, 0.29) is 10.6 Å². The summed E-state index contributed by atoms with van der Waals surface area (Å²) in [6, 6.07) is 5.62. The summed E-state index contributed by atoms with van der Waals surface area (Å²) in [7, 11) is 2.13. The number of likely N-dealkylation sites (N-methyl/N-ethyl adjacent to an activating group) is 1. The highest BCUT2D eigenvalue weighted by Crippen LogP contribution is 2.37. The lowest BCUT2D eigenvalue weighted by molar-refractivity contribution is -0.385. The van der Waals surface area contributed by atoms with Gasteiger partial charge in [-0.15, -0.1) is 0 Å². The Balaban J connectivity index is 1.92. The van der Waals surface area contributed by atoms with Gasteiger partial charge < -0.3 is 9.80 Å². The topological polar surface area (TPSA) is 49.6 Å². The number of nitro benzene ring substituents is 1. The molecule has 5 nitrogen and oxygen atoms in total. The molecule has 23 heavy (non-hydrogen) atoms. The molecule has 0 spiro atoms. The summed E-state index contributed by atoms with van der Waals surface area (Å²) in [5, 5.41) is 11.4. The Hall–Kier alpha value is -1.88. The number of nitrogens with zero attached hydrogens (tertiary/aromatic N) is 3. The molecule has 5 heteroatoms. The van der Waals surface area contributed by atoms with Gasteiger partial charge in [0, 0.05) is 37.9 Å². The molecule has 0 saturated carbocycles. The number of anilines is 1. The van der Waals surface area contributed by atoms with Crippen LogP contribution in [0.1, 0.15) is 31.7 Å². The third-order valence-corrected chi connectivity index (χ3v) is 5.06. The van der Waals surface area contributed by atoms with Crippen molar-refractivity contribution in [3.05, 3.63) is 40.0 Å². The second-order valence-corrected chi connectivity index (χ2v) is 6.86. The molecule has 1 fully saturated rings. The van der Waals surface area contributed by atoms with Crippen LogP contribution in [0.4, 0.5) is 11.4 Å². The lowest BCUT2D eigenvalue weighted by Crippen LogP contribution is -2.44. The minimum absolute atomic E-state index is 0.240. The van der Waals surface area contributed by atoms with Crippen LogP contribution in [-0.4, -0.2) is 43.0 Å². The number of hydrogen-bond donors (Lipinski definition) is 0. The molecule has 1 atom stereocenters. The first-order valence-corrected chi connectivity index (χ1v) is 8.46. The quantitative estimate of drug-likeness (QED) is 0.632. The summed E-state index contributed by atoms with van der Waals surface area (Å²) in [5.41, 5.74) is 3.31. The molecular weight excluding hydrogens is 290 g/mol. The fourth-order valence-corrected chi connectivity index (χ4v) is 3.41. The summed E-state index contributed by atoms with van der Waals surface area (Å²) in [6.07, 6.45) is 5.27. The fourth-order valence-electron chi connectivity index (χ4n) is 3.41. The van der Waals surface area contributed by atoms with Gasteiger partial charge in [0.05, 0.1) is 10.5 Å². The van der Waals surface area contributed by atoms with E-state index in [2.05, 4.69) is 29.8 Å². The van der Waals surface area contributed by atoms with Crippen molar-refractivity contribution in [2.24, 2.45) is 5.92 Å². The Morgan fingerprint density at radius 2 is 1.96 bits per heavy atom. The Kier molecular flexibility index (Phi) is 4.66. The van der Waals surface area contributed by atoms with Crippen molar-refractivity contribution < 1.29 is 4.92 Å². The number of benzene rings is 1. The van der Waals surface area contributed by atoms with Gasteiger partial charge in [0.2, 0.25) is 0 Å². The van der Waals surface area contributed by atoms with Gasteiger partial charge in [-0.2, -0.15) is 0 Å². The zero-order valence-electron chi connectivity index (χ0n) is 14.0. The van der Waals surface area contributed by atoms with Crippen LogP contribution in [0.25, 0.3) is 5.57 Å². The minimum Gasteiger partial charge on any atom is -0.369 e. The Morgan fingerprint density at radius 3 is 2.57 bits per heavy atom. The largest absolute Gasteiger partial charge is 0.369 e. The summed E-state index contributed by atoms with van der Waals surface area (Å²) in [6.45, 7) is 6.26. The number of hydrogen-bond acceptors (Lipinski definition) is 4. The molecular formula is C18H25N3O2. The van der Waals surface area contributed by atoms with Gasteiger partial charge in [0.25, 0.3) is 5.69 Å². The molecule has 0 N–H and O–H groups in total. The molecule has 0 bridgehead atoms. The number of allylic oxidation sites excluding steroid dienone is 2. The monoisotopic (exact) mass is 315 g/mol. The first-order valence-electron chi connectivity index (χ1n) is 8.46. The van der Waals surface area contributed by atoms with E-state index in [1.165, 1.54) is 0 Å². The lowest BCUT2D eigenvalue weighted by Gasteiger charge is -2.34. The molecule has 1 aliphatic carbocycles. The maximum absolute atomic E-state index is 11.4. The van der Waals surface area contributed by atoms with Crippen LogP contribution >= 0.6 is 0 Å². The number of nitro groups is 1. The molecule has 1 saturated heterocycles. The summed E-state index contributed by atoms with van der Waals surface area (Å²) in [5.74, 6) is 0.679. The summed E-state index contributed by atoms with van der Waals surface area (Å²) in [4.78, 5) is 15.8. The predicted molar refractivity (Wildman–Crippen MR) is 93.8 cm³/mol. The van der Waals surface area contributed by atoms with Crippen molar-refractivity contribution >= 4 is 16.9 Å². The highest BCUT2D eigenvalue weighted by molar-refractivity contribution is 5.76. The Bertz CT molecular complexity index is 619. The van der Waals surface area contributed by atoms with Crippen molar-refractivity contribution in [1.82, 2.24) is 4.90 Å². The first-order chi connectivity index (χ1) is 11.0. The van der Waals surface area contributed by atoms with E-state index >= 15 is 0 Å². The second kappa shape index (κ2) is 6.71. The normalized spacial score (nSPS) is 22.8. The number of piperazine rings is 1. The van der Waals surface area contributed by atoms with Gasteiger partial charge >= 0.3 is 0 Å². The van der Waals surface area contributed by atoms with Gasteiger partial charge in [-0.05, 0) is 49.9 Å². The zero-order chi connectivity index (χ0) is 16.4. The van der Waals surface area contributed by atoms with Gasteiger partial charge in [-0.25, -0.2) is 0 Å². The highest BCUT2D eigenvalue weighted by atomic mass is 16.6. The van der Waals surface area contributed by atoms with Crippen LogP contribution in [0.3, 0.4) is 0 Å². The molecule has 1 heterocycles. The van der Waals surface area contributed by atoms with E-state index in [0.717, 1.165) is 62.3 Å². The van der Waals surface area contributed by atoms with Gasteiger partial charge in [0.15, 0.2) is 0 Å². The molecule has 1 aromatic rings. The molecule has 1 unspecified atom stereocenters. The van der Waals surface area contributed by atoms with E-state index in [0.29, 0.717) is 5.92 Å². The maximum atomic E-state index is 11.4. The first kappa shape index (κ1) is 16.0. The SMILES string of the molecule is CC1CC=C(c2cc(N3CCN(C)CC3)ccc2[N+](=O)[O-])CC1. The zero-order valence-corrected chi connectivity index (χ0v) is 14.0. The Morgan fingerprint density at radius 1 is 1.22 bits per heavy atom. The molecule has 1 aliphatic heterocycles. The molecule has 2 aliphatic rings. The highest BCUT2D eigenvalue weighted by Gasteiger charge is 2.22. The fraction of sp³-hybridized carbons (Fsp3) is 0.556. The van der Waals surface area contributed by atoms with Crippen LogP contribution in [0.15, 0.2) is 24.3 Å². The van der Waals surface area contributed by atoms with E-state index in [9.17, 15) is 10.1 Å². The van der Waals surface area contributed by atoms with Crippen LogP contribution in [0, 0.1) is 16.0 Å². The molecule has 3 rings (SSSR count). The van der Waals surface area contributed by atoms with Crippen molar-refractivity contribution in [1.29, 1.82) is 0 Å². The van der Waals surface area contributed by atoms with E-state index in [1.54, 1.807) is 6.07 Å². The minimum atomic E-state index is -0.248. The molecule has 1 aromatic carbocycles. The summed E-state index contributed by atoms with van der Waals surface area (Å²) < 4.78 is 0. The van der Waals surface area contributed by atoms with Gasteiger partial charge in [-0.1, -0.05) is 13.0 Å². The number of rotatable bonds is 3. The molecule has 0 aromatic heterocycles. The van der Waals surface area contributed by atoms with Crippen molar-refractivity contribution in [3.8, 4) is 0 Å². The van der Waals surface area contributed by atoms with E-state index < -0.39 is 0 Å². The van der Waals surface area contributed by atoms with Crippen molar-refractivity contribution in [2.45, 2.75) is 26.2 Å².